The van der Waals surface area contributed by atoms with Crippen LogP contribution >= 0.6 is 0 Å². The lowest BCUT2D eigenvalue weighted by Crippen LogP contribution is -2.40. The summed E-state index contributed by atoms with van der Waals surface area (Å²) in [6, 6.07) is -0.433. The zero-order valence-corrected chi connectivity index (χ0v) is 13.9. The van der Waals surface area contributed by atoms with E-state index in [4.69, 9.17) is 4.74 Å². The topological polar surface area (TPSA) is 68.2 Å². The van der Waals surface area contributed by atoms with Crippen LogP contribution in [-0.4, -0.2) is 40.0 Å². The molecule has 1 atom stereocenters. The minimum absolute atomic E-state index is 0.0102. The minimum Gasteiger partial charge on any atom is -0.370 e. The Bertz CT molecular complexity index is 596. The molecule has 2 heterocycles. The Morgan fingerprint density at radius 2 is 2.08 bits per heavy atom. The Labute approximate surface area is 144 Å². The summed E-state index contributed by atoms with van der Waals surface area (Å²) in [5.41, 5.74) is 0.0190. The number of imidazole rings is 1. The summed E-state index contributed by atoms with van der Waals surface area (Å²) in [7, 11) is 0. The maximum atomic E-state index is 12.5. The number of aromatic nitrogens is 2. The van der Waals surface area contributed by atoms with E-state index in [1.807, 2.05) is 0 Å². The van der Waals surface area contributed by atoms with Crippen LogP contribution in [-0.2, 0) is 17.8 Å². The van der Waals surface area contributed by atoms with Gasteiger partial charge in [0.15, 0.2) is 0 Å². The number of rotatable bonds is 5. The van der Waals surface area contributed by atoms with Crippen LogP contribution in [0.2, 0.25) is 0 Å². The third-order valence-electron chi connectivity index (χ3n) is 4.90. The average molecular weight is 360 g/mol. The Hall–Kier alpha value is -1.77. The molecule has 1 aliphatic heterocycles. The standard InChI is InChI=1S/C16H23F3N4O2/c17-16(18,19)11-23-8-7-20-13(23)10-22-14(24)21-9-12-3-6-15(25-12)4-1-2-5-15/h7-8,12H,1-6,9-11H2,(H2,21,22,24). The second kappa shape index (κ2) is 7.23. The first-order valence-corrected chi connectivity index (χ1v) is 8.62. The van der Waals surface area contributed by atoms with Gasteiger partial charge in [0.1, 0.15) is 12.4 Å². The van der Waals surface area contributed by atoms with Crippen molar-refractivity contribution in [2.45, 2.75) is 69.5 Å². The summed E-state index contributed by atoms with van der Waals surface area (Å²) >= 11 is 0. The molecule has 9 heteroatoms. The highest BCUT2D eigenvalue weighted by Crippen LogP contribution is 2.43. The first kappa shape index (κ1) is 18.0. The third kappa shape index (κ3) is 4.87. The van der Waals surface area contributed by atoms with E-state index in [1.54, 1.807) is 0 Å². The van der Waals surface area contributed by atoms with Crippen LogP contribution in [0.1, 0.15) is 44.3 Å². The Morgan fingerprint density at radius 1 is 1.32 bits per heavy atom. The van der Waals surface area contributed by atoms with Crippen LogP contribution in [0.3, 0.4) is 0 Å². The molecule has 1 aromatic heterocycles. The van der Waals surface area contributed by atoms with Gasteiger partial charge in [-0.1, -0.05) is 12.8 Å². The summed E-state index contributed by atoms with van der Waals surface area (Å²) in [5.74, 6) is 0.162. The van der Waals surface area contributed by atoms with Gasteiger partial charge >= 0.3 is 12.2 Å². The third-order valence-corrected chi connectivity index (χ3v) is 4.90. The highest BCUT2D eigenvalue weighted by Gasteiger charge is 2.42. The molecule has 2 fully saturated rings. The molecular formula is C16H23F3N4O2. The van der Waals surface area contributed by atoms with Crippen LogP contribution < -0.4 is 10.6 Å². The molecule has 2 amide bonds. The lowest BCUT2D eigenvalue weighted by atomic mass is 9.98. The molecule has 0 bridgehead atoms. The zero-order chi connectivity index (χ0) is 17.9. The van der Waals surface area contributed by atoms with E-state index in [9.17, 15) is 18.0 Å². The molecule has 1 saturated heterocycles. The molecule has 1 saturated carbocycles. The SMILES string of the molecule is O=C(NCc1nccn1CC(F)(F)F)NCC1CCC2(CCCC2)O1. The number of hydrogen-bond donors (Lipinski definition) is 2. The van der Waals surface area contributed by atoms with Gasteiger partial charge in [-0.05, 0) is 25.7 Å². The van der Waals surface area contributed by atoms with Crippen LogP contribution in [0.4, 0.5) is 18.0 Å². The molecule has 1 aliphatic carbocycles. The molecule has 6 nitrogen and oxygen atoms in total. The summed E-state index contributed by atoms with van der Waals surface area (Å²) < 4.78 is 44.4. The molecule has 1 aromatic rings. The van der Waals surface area contributed by atoms with Crippen molar-refractivity contribution in [2.24, 2.45) is 0 Å². The summed E-state index contributed by atoms with van der Waals surface area (Å²) in [4.78, 5) is 15.7. The van der Waals surface area contributed by atoms with Gasteiger partial charge in [0.05, 0.1) is 18.2 Å². The zero-order valence-electron chi connectivity index (χ0n) is 13.9. The number of nitrogens with zero attached hydrogens (tertiary/aromatic N) is 2. The average Bonchev–Trinajstić information content (AvgIpc) is 3.25. The van der Waals surface area contributed by atoms with Crippen molar-refractivity contribution in [1.29, 1.82) is 0 Å². The van der Waals surface area contributed by atoms with Crippen LogP contribution in [0.25, 0.3) is 0 Å². The molecule has 1 spiro atoms. The molecule has 140 valence electrons. The van der Waals surface area contributed by atoms with Gasteiger partial charge in [0.25, 0.3) is 0 Å². The van der Waals surface area contributed by atoms with Crippen molar-refractivity contribution in [2.75, 3.05) is 6.54 Å². The number of urea groups is 1. The smallest absolute Gasteiger partial charge is 0.370 e. The number of nitrogens with one attached hydrogen (secondary N) is 2. The van der Waals surface area contributed by atoms with Crippen molar-refractivity contribution in [3.63, 3.8) is 0 Å². The lowest BCUT2D eigenvalue weighted by Gasteiger charge is -2.23. The number of alkyl halides is 3. The van der Waals surface area contributed by atoms with E-state index in [2.05, 4.69) is 15.6 Å². The Morgan fingerprint density at radius 3 is 2.80 bits per heavy atom. The summed E-state index contributed by atoms with van der Waals surface area (Å²) in [5, 5.41) is 5.27. The van der Waals surface area contributed by atoms with Gasteiger partial charge in [-0.25, -0.2) is 9.78 Å². The summed E-state index contributed by atoms with van der Waals surface area (Å²) in [6.45, 7) is -0.779. The molecule has 3 rings (SSSR count). The first-order chi connectivity index (χ1) is 11.9. The van der Waals surface area contributed by atoms with E-state index < -0.39 is 18.8 Å². The Kier molecular flexibility index (Phi) is 5.21. The van der Waals surface area contributed by atoms with Crippen molar-refractivity contribution in [3.05, 3.63) is 18.2 Å². The van der Waals surface area contributed by atoms with Crippen LogP contribution in [0, 0.1) is 0 Å². The fraction of sp³-hybridized carbons (Fsp3) is 0.750. The number of carbonyl (C=O) groups is 1. The molecule has 0 aromatic carbocycles. The fourth-order valence-electron chi connectivity index (χ4n) is 3.70. The van der Waals surface area contributed by atoms with Gasteiger partial charge in [-0.2, -0.15) is 13.2 Å². The molecule has 1 unspecified atom stereocenters. The lowest BCUT2D eigenvalue weighted by molar-refractivity contribution is -0.141. The molecular weight excluding hydrogens is 337 g/mol. The highest BCUT2D eigenvalue weighted by molar-refractivity contribution is 5.73. The van der Waals surface area contributed by atoms with Gasteiger partial charge < -0.3 is 19.9 Å². The summed E-state index contributed by atoms with van der Waals surface area (Å²) in [6.07, 6.45) is 4.77. The molecule has 25 heavy (non-hydrogen) atoms. The molecule has 2 N–H and O–H groups in total. The van der Waals surface area contributed by atoms with E-state index in [-0.39, 0.29) is 24.1 Å². The predicted octanol–water partition coefficient (Wildman–Crippen LogP) is 2.74. The van der Waals surface area contributed by atoms with Crippen molar-refractivity contribution in [1.82, 2.24) is 20.2 Å². The van der Waals surface area contributed by atoms with Crippen molar-refractivity contribution < 1.29 is 22.7 Å². The maximum absolute atomic E-state index is 12.5. The normalized spacial score (nSPS) is 22.4. The van der Waals surface area contributed by atoms with Crippen molar-refractivity contribution >= 4 is 6.03 Å². The number of ether oxygens (including phenoxy) is 1. The van der Waals surface area contributed by atoms with Crippen molar-refractivity contribution in [3.8, 4) is 0 Å². The first-order valence-electron chi connectivity index (χ1n) is 8.62. The van der Waals surface area contributed by atoms with Gasteiger partial charge in [-0.3, -0.25) is 0 Å². The maximum Gasteiger partial charge on any atom is 0.406 e. The monoisotopic (exact) mass is 360 g/mol. The molecule has 0 radical (unpaired) electrons. The number of halogens is 3. The van der Waals surface area contributed by atoms with Gasteiger partial charge in [0.2, 0.25) is 0 Å². The minimum atomic E-state index is -4.33. The quantitative estimate of drug-likeness (QED) is 0.848. The second-order valence-electron chi connectivity index (χ2n) is 6.82. The number of amides is 2. The Balaban J connectivity index is 1.40. The van der Waals surface area contributed by atoms with E-state index in [0.717, 1.165) is 30.3 Å². The number of carbonyl (C=O) groups excluding carboxylic acids is 1. The highest BCUT2D eigenvalue weighted by atomic mass is 19.4. The number of hydrogen-bond acceptors (Lipinski definition) is 3. The van der Waals surface area contributed by atoms with Crippen LogP contribution in [0.5, 0.6) is 0 Å². The van der Waals surface area contributed by atoms with Gasteiger partial charge in [-0.15, -0.1) is 0 Å². The van der Waals surface area contributed by atoms with E-state index >= 15 is 0 Å². The van der Waals surface area contributed by atoms with E-state index in [0.29, 0.717) is 6.54 Å². The second-order valence-corrected chi connectivity index (χ2v) is 6.82. The predicted molar refractivity (Wildman–Crippen MR) is 83.8 cm³/mol. The van der Waals surface area contributed by atoms with E-state index in [1.165, 1.54) is 25.2 Å². The fourth-order valence-corrected chi connectivity index (χ4v) is 3.70. The largest absolute Gasteiger partial charge is 0.406 e. The van der Waals surface area contributed by atoms with Crippen LogP contribution in [0.15, 0.2) is 12.4 Å². The molecule has 2 aliphatic rings. The van der Waals surface area contributed by atoms with Gasteiger partial charge in [0, 0.05) is 18.9 Å².